The van der Waals surface area contributed by atoms with E-state index in [0.717, 1.165) is 0 Å². The van der Waals surface area contributed by atoms with Crippen LogP contribution < -0.4 is 5.32 Å². The summed E-state index contributed by atoms with van der Waals surface area (Å²) in [6, 6.07) is 0.000136. The largest absolute Gasteiger partial charge is 0.354 e. The van der Waals surface area contributed by atoms with E-state index in [1.165, 1.54) is 0 Å². The molecule has 1 amide bonds. The average Bonchev–Trinajstić information content (AvgIpc) is 2.11. The van der Waals surface area contributed by atoms with Crippen molar-refractivity contribution < 1.29 is 19.1 Å². The zero-order valence-corrected chi connectivity index (χ0v) is 9.54. The third-order valence-electron chi connectivity index (χ3n) is 2.05. The summed E-state index contributed by atoms with van der Waals surface area (Å²) in [6.45, 7) is 7.25. The van der Waals surface area contributed by atoms with E-state index in [0.29, 0.717) is 0 Å². The number of hydrogen-bond donors (Lipinski definition) is 1. The van der Waals surface area contributed by atoms with Crippen molar-refractivity contribution in [2.24, 2.45) is 11.8 Å². The molecule has 0 aromatic rings. The van der Waals surface area contributed by atoms with E-state index >= 15 is 0 Å². The minimum Gasteiger partial charge on any atom is -0.354 e. The lowest BCUT2D eigenvalue weighted by Gasteiger charge is -2.19. The molecule has 0 aliphatic rings. The first-order chi connectivity index (χ1) is 6.88. The Balaban J connectivity index is 4.39. The van der Waals surface area contributed by atoms with Crippen molar-refractivity contribution in [1.29, 1.82) is 0 Å². The van der Waals surface area contributed by atoms with Crippen molar-refractivity contribution in [1.82, 2.24) is 5.32 Å². The fraction of sp³-hybridized carbons (Fsp3) is 0.800. The molecule has 88 valence electrons. The van der Waals surface area contributed by atoms with Crippen LogP contribution in [0.1, 0.15) is 34.1 Å². The molecule has 0 rings (SSSR count). The number of hydrogen-bond acceptors (Lipinski definition) is 3. The third-order valence-corrected chi connectivity index (χ3v) is 2.05. The molecule has 1 N–H and O–H groups in total. The first-order valence-electron chi connectivity index (χ1n) is 5.00. The first kappa shape index (κ1) is 13.9. The van der Waals surface area contributed by atoms with Gasteiger partial charge in [0.2, 0.25) is 5.91 Å². The molecule has 0 aliphatic carbocycles. The zero-order valence-electron chi connectivity index (χ0n) is 9.54. The fourth-order valence-corrected chi connectivity index (χ4v) is 1.23. The van der Waals surface area contributed by atoms with Gasteiger partial charge in [-0.25, -0.2) is 4.79 Å². The predicted octanol–water partition coefficient (Wildman–Crippen LogP) is 1.60. The van der Waals surface area contributed by atoms with E-state index in [1.807, 2.05) is 13.8 Å². The van der Waals surface area contributed by atoms with Crippen molar-refractivity contribution in [2.45, 2.75) is 40.2 Å². The van der Waals surface area contributed by atoms with Crippen LogP contribution in [0.4, 0.5) is 4.53 Å². The predicted molar refractivity (Wildman–Crippen MR) is 53.4 cm³/mol. The molecule has 0 aromatic heterocycles. The fourth-order valence-electron chi connectivity index (χ4n) is 1.23. The maximum Gasteiger partial charge on any atom is 0.349 e. The summed E-state index contributed by atoms with van der Waals surface area (Å²) in [5.41, 5.74) is 0. The molecule has 1 atom stereocenters. The summed E-state index contributed by atoms with van der Waals surface area (Å²) >= 11 is 0. The van der Waals surface area contributed by atoms with Crippen molar-refractivity contribution in [3.63, 3.8) is 0 Å². The topological polar surface area (TPSA) is 55.4 Å². The van der Waals surface area contributed by atoms with Gasteiger partial charge in [-0.15, -0.1) is 0 Å². The summed E-state index contributed by atoms with van der Waals surface area (Å²) < 4.78 is 11.6. The van der Waals surface area contributed by atoms with Gasteiger partial charge in [-0.3, -0.25) is 9.74 Å². The Morgan fingerprint density at radius 2 is 1.80 bits per heavy atom. The van der Waals surface area contributed by atoms with Gasteiger partial charge in [0.25, 0.3) is 0 Å². The average molecular weight is 219 g/mol. The lowest BCUT2D eigenvalue weighted by molar-refractivity contribution is -0.185. The van der Waals surface area contributed by atoms with Crippen LogP contribution in [0.2, 0.25) is 0 Å². The van der Waals surface area contributed by atoms with Crippen LogP contribution >= 0.6 is 0 Å². The van der Waals surface area contributed by atoms with Gasteiger partial charge in [-0.2, -0.15) is 0 Å². The van der Waals surface area contributed by atoms with E-state index in [-0.39, 0.29) is 24.3 Å². The standard InChI is InChI=1S/C10H18FNO3/c1-6(2)8(5-9(13)15-11)10(14)12-7(3)4/h6-8H,5H2,1-4H3,(H,12,14). The van der Waals surface area contributed by atoms with Crippen LogP contribution in [0.3, 0.4) is 0 Å². The van der Waals surface area contributed by atoms with Crippen LogP contribution in [0, 0.1) is 11.8 Å². The number of nitrogens with one attached hydrogen (secondary N) is 1. The quantitative estimate of drug-likeness (QED) is 0.764. The van der Waals surface area contributed by atoms with Gasteiger partial charge in [0.05, 0.1) is 12.3 Å². The highest BCUT2D eigenvalue weighted by atomic mass is 19.3. The summed E-state index contributed by atoms with van der Waals surface area (Å²) in [5.74, 6) is -1.84. The maximum absolute atomic E-state index is 11.6. The van der Waals surface area contributed by atoms with Crippen LogP contribution in [0.15, 0.2) is 0 Å². The number of halogens is 1. The molecule has 0 heterocycles. The lowest BCUT2D eigenvalue weighted by atomic mass is 9.91. The van der Waals surface area contributed by atoms with Gasteiger partial charge in [-0.1, -0.05) is 13.8 Å². The molecule has 0 aliphatic heterocycles. The highest BCUT2D eigenvalue weighted by molar-refractivity contribution is 5.83. The Labute approximate surface area is 89.1 Å². The van der Waals surface area contributed by atoms with Gasteiger partial charge in [0.15, 0.2) is 0 Å². The van der Waals surface area contributed by atoms with Gasteiger partial charge < -0.3 is 5.32 Å². The van der Waals surface area contributed by atoms with Gasteiger partial charge in [-0.05, 0) is 19.8 Å². The highest BCUT2D eigenvalue weighted by Crippen LogP contribution is 2.16. The summed E-state index contributed by atoms with van der Waals surface area (Å²) in [5, 5.41) is 2.68. The highest BCUT2D eigenvalue weighted by Gasteiger charge is 2.26. The summed E-state index contributed by atoms with van der Waals surface area (Å²) in [7, 11) is 0. The molecule has 0 saturated carbocycles. The second-order valence-electron chi connectivity index (χ2n) is 4.17. The Kier molecular flexibility index (Phi) is 5.89. The monoisotopic (exact) mass is 219 g/mol. The van der Waals surface area contributed by atoms with E-state index in [9.17, 15) is 14.1 Å². The maximum atomic E-state index is 11.6. The Bertz CT molecular complexity index is 229. The Morgan fingerprint density at radius 1 is 1.27 bits per heavy atom. The van der Waals surface area contributed by atoms with Crippen LogP contribution in [-0.2, 0) is 14.5 Å². The number of amides is 1. The van der Waals surface area contributed by atoms with E-state index in [1.54, 1.807) is 13.8 Å². The minimum absolute atomic E-state index is 0.000136. The van der Waals surface area contributed by atoms with E-state index in [4.69, 9.17) is 0 Å². The summed E-state index contributed by atoms with van der Waals surface area (Å²) in [4.78, 5) is 25.4. The SMILES string of the molecule is CC(C)NC(=O)C(CC(=O)OF)C(C)C. The molecule has 0 radical (unpaired) electrons. The van der Waals surface area contributed by atoms with Crippen molar-refractivity contribution in [3.05, 3.63) is 0 Å². The first-order valence-corrected chi connectivity index (χ1v) is 5.00. The number of rotatable bonds is 5. The molecule has 0 aromatic carbocycles. The molecule has 5 heteroatoms. The van der Waals surface area contributed by atoms with Crippen molar-refractivity contribution in [2.75, 3.05) is 0 Å². The van der Waals surface area contributed by atoms with Crippen molar-refractivity contribution in [3.8, 4) is 0 Å². The van der Waals surface area contributed by atoms with Crippen molar-refractivity contribution >= 4 is 11.9 Å². The molecular weight excluding hydrogens is 201 g/mol. The lowest BCUT2D eigenvalue weighted by Crippen LogP contribution is -2.38. The Hall–Kier alpha value is -1.13. The van der Waals surface area contributed by atoms with Gasteiger partial charge >= 0.3 is 5.97 Å². The molecular formula is C10H18FNO3. The molecule has 15 heavy (non-hydrogen) atoms. The van der Waals surface area contributed by atoms with E-state index in [2.05, 4.69) is 10.3 Å². The van der Waals surface area contributed by atoms with Gasteiger partial charge in [0.1, 0.15) is 0 Å². The van der Waals surface area contributed by atoms with Crippen LogP contribution in [0.25, 0.3) is 0 Å². The van der Waals surface area contributed by atoms with Gasteiger partial charge in [0, 0.05) is 10.6 Å². The summed E-state index contributed by atoms with van der Waals surface area (Å²) in [6.07, 6.45) is -0.229. The second kappa shape index (κ2) is 6.37. The smallest absolute Gasteiger partial charge is 0.349 e. The molecule has 0 saturated heterocycles. The Morgan fingerprint density at radius 3 is 2.13 bits per heavy atom. The van der Waals surface area contributed by atoms with Crippen LogP contribution in [0.5, 0.6) is 0 Å². The van der Waals surface area contributed by atoms with Crippen LogP contribution in [-0.4, -0.2) is 17.9 Å². The molecule has 0 fully saturated rings. The molecule has 1 unspecified atom stereocenters. The number of carbonyl (C=O) groups is 2. The minimum atomic E-state index is -1.01. The number of carbonyl (C=O) groups excluding carboxylic acids is 2. The van der Waals surface area contributed by atoms with E-state index < -0.39 is 11.9 Å². The molecule has 4 nitrogen and oxygen atoms in total. The third kappa shape index (κ3) is 5.34. The molecule has 0 spiro atoms. The normalized spacial score (nSPS) is 12.7. The zero-order chi connectivity index (χ0) is 12.0. The second-order valence-corrected chi connectivity index (χ2v) is 4.17. The molecule has 0 bridgehead atoms.